The average Bonchev–Trinajstić information content (AvgIpc) is 2.68. The number of benzene rings is 1. The molecule has 3 N–H and O–H groups in total. The van der Waals surface area contributed by atoms with Crippen LogP contribution in [0.5, 0.6) is 11.6 Å². The molecule has 152 valence electrons. The van der Waals surface area contributed by atoms with Gasteiger partial charge >= 0.3 is 0 Å². The number of hydrogen-bond acceptors (Lipinski definition) is 9. The maximum atomic E-state index is 11.3. The minimum absolute atomic E-state index is 0.321. The molecule has 0 atom stereocenters. The summed E-state index contributed by atoms with van der Waals surface area (Å²) in [7, 11) is -1.64. The number of nitrogens with zero attached hydrogens (tertiary/aromatic N) is 4. The summed E-state index contributed by atoms with van der Waals surface area (Å²) in [6.07, 6.45) is 4.07. The van der Waals surface area contributed by atoms with E-state index in [0.717, 1.165) is 6.26 Å². The molecule has 10 nitrogen and oxygen atoms in total. The van der Waals surface area contributed by atoms with Crippen molar-refractivity contribution >= 4 is 39.2 Å². The molecule has 0 radical (unpaired) electrons. The maximum absolute atomic E-state index is 11.3. The molecule has 0 fully saturated rings. The molecule has 2 aromatic heterocycles. The summed E-state index contributed by atoms with van der Waals surface area (Å²) in [5, 5.41) is 6.37. The summed E-state index contributed by atoms with van der Waals surface area (Å²) in [4.78, 5) is 16.8. The number of halogens is 1. The minimum atomic E-state index is -3.34. The van der Waals surface area contributed by atoms with Gasteiger partial charge < -0.3 is 15.4 Å². The zero-order chi connectivity index (χ0) is 20.9. The van der Waals surface area contributed by atoms with Crippen molar-refractivity contribution < 1.29 is 13.2 Å². The van der Waals surface area contributed by atoms with Crippen LogP contribution >= 0.6 is 11.6 Å². The summed E-state index contributed by atoms with van der Waals surface area (Å²) >= 11 is 5.78. The molecule has 2 heterocycles. The zero-order valence-electron chi connectivity index (χ0n) is 15.5. The fraction of sp³-hybridized carbons (Fsp3) is 0.176. The van der Waals surface area contributed by atoms with E-state index in [1.165, 1.54) is 12.4 Å². The Bertz CT molecular complexity index is 1080. The molecule has 0 aliphatic heterocycles. The summed E-state index contributed by atoms with van der Waals surface area (Å²) in [5.41, 5.74) is 1.08. The van der Waals surface area contributed by atoms with Crippen LogP contribution in [0, 0.1) is 0 Å². The lowest BCUT2D eigenvalue weighted by Crippen LogP contribution is -2.09. The van der Waals surface area contributed by atoms with Gasteiger partial charge in [0.05, 0.1) is 35.9 Å². The lowest BCUT2D eigenvalue weighted by atomic mass is 10.3. The molecule has 1 aromatic carbocycles. The number of nitrogens with one attached hydrogen (secondary N) is 3. The molecule has 12 heteroatoms. The molecule has 0 saturated carbocycles. The molecule has 29 heavy (non-hydrogen) atoms. The lowest BCUT2D eigenvalue weighted by Gasteiger charge is -2.10. The van der Waals surface area contributed by atoms with Crippen molar-refractivity contribution in [1.29, 1.82) is 0 Å². The van der Waals surface area contributed by atoms with Gasteiger partial charge in [-0.3, -0.25) is 4.72 Å². The van der Waals surface area contributed by atoms with Crippen LogP contribution in [0.2, 0.25) is 5.02 Å². The van der Waals surface area contributed by atoms with Crippen LogP contribution in [-0.2, 0) is 16.6 Å². The highest BCUT2D eigenvalue weighted by molar-refractivity contribution is 7.92. The first kappa shape index (κ1) is 20.6. The third kappa shape index (κ3) is 6.43. The summed E-state index contributed by atoms with van der Waals surface area (Å²) in [5.74, 6) is 1.61. The van der Waals surface area contributed by atoms with E-state index in [4.69, 9.17) is 16.3 Å². The van der Waals surface area contributed by atoms with E-state index in [-0.39, 0.29) is 0 Å². The highest BCUT2D eigenvalue weighted by Crippen LogP contribution is 2.23. The van der Waals surface area contributed by atoms with Crippen molar-refractivity contribution in [2.45, 2.75) is 6.54 Å². The van der Waals surface area contributed by atoms with Crippen LogP contribution in [0.1, 0.15) is 5.69 Å². The number of hydrogen-bond donors (Lipinski definition) is 3. The van der Waals surface area contributed by atoms with Crippen molar-refractivity contribution in [3.05, 3.63) is 53.4 Å². The van der Waals surface area contributed by atoms with Crippen molar-refractivity contribution in [2.24, 2.45) is 0 Å². The minimum Gasteiger partial charge on any atom is -0.439 e. The Balaban J connectivity index is 1.71. The summed E-state index contributed by atoms with van der Waals surface area (Å²) in [6, 6.07) is 8.13. The normalized spacial score (nSPS) is 11.0. The van der Waals surface area contributed by atoms with E-state index < -0.39 is 10.0 Å². The quantitative estimate of drug-likeness (QED) is 0.488. The van der Waals surface area contributed by atoms with Gasteiger partial charge in [-0.15, -0.1) is 0 Å². The monoisotopic (exact) mass is 435 g/mol. The molecular weight excluding hydrogens is 418 g/mol. The van der Waals surface area contributed by atoms with E-state index >= 15 is 0 Å². The number of anilines is 3. The Morgan fingerprint density at radius 3 is 2.38 bits per heavy atom. The fourth-order valence-electron chi connectivity index (χ4n) is 2.23. The van der Waals surface area contributed by atoms with Crippen molar-refractivity contribution in [3.8, 4) is 11.6 Å². The maximum Gasteiger partial charge on any atom is 0.229 e. The first-order valence-electron chi connectivity index (χ1n) is 8.33. The topological polar surface area (TPSA) is 131 Å². The van der Waals surface area contributed by atoms with E-state index in [1.807, 2.05) is 0 Å². The van der Waals surface area contributed by atoms with Gasteiger partial charge in [-0.05, 0) is 24.3 Å². The number of ether oxygens (including phenoxy) is 1. The highest BCUT2D eigenvalue weighted by atomic mass is 35.5. The van der Waals surface area contributed by atoms with Gasteiger partial charge in [0.1, 0.15) is 5.75 Å². The van der Waals surface area contributed by atoms with Crippen molar-refractivity contribution in [1.82, 2.24) is 19.9 Å². The average molecular weight is 436 g/mol. The number of sulfonamides is 1. The van der Waals surface area contributed by atoms with Crippen LogP contribution in [0.15, 0.2) is 42.7 Å². The Morgan fingerprint density at radius 1 is 1.07 bits per heavy atom. The van der Waals surface area contributed by atoms with Gasteiger partial charge in [-0.25, -0.2) is 23.4 Å². The Hall–Kier alpha value is -3.18. The van der Waals surface area contributed by atoms with Crippen LogP contribution in [0.3, 0.4) is 0 Å². The van der Waals surface area contributed by atoms with Gasteiger partial charge in [-0.2, -0.15) is 4.98 Å². The fourth-order valence-corrected chi connectivity index (χ4v) is 2.89. The Kier molecular flexibility index (Phi) is 6.29. The zero-order valence-corrected chi connectivity index (χ0v) is 17.1. The van der Waals surface area contributed by atoms with E-state index in [2.05, 4.69) is 35.3 Å². The Morgan fingerprint density at radius 2 is 1.76 bits per heavy atom. The van der Waals surface area contributed by atoms with E-state index in [0.29, 0.717) is 46.5 Å². The molecule has 0 saturated heterocycles. The Labute approximate surface area is 172 Å². The molecule has 0 aliphatic rings. The second-order valence-electron chi connectivity index (χ2n) is 5.85. The van der Waals surface area contributed by atoms with E-state index in [1.54, 1.807) is 37.4 Å². The third-order valence-corrected chi connectivity index (χ3v) is 4.21. The van der Waals surface area contributed by atoms with Crippen LogP contribution in [0.4, 0.5) is 17.6 Å². The van der Waals surface area contributed by atoms with Gasteiger partial charge in [0, 0.05) is 18.8 Å². The molecular formula is C17H18ClN7O3S. The van der Waals surface area contributed by atoms with Gasteiger partial charge in [-0.1, -0.05) is 11.6 Å². The number of aromatic nitrogens is 4. The SMILES string of the molecule is CNc1nc(CNc2ncc(Cl)cn2)cc(Oc2ccc(NS(C)(=O)=O)cc2)n1. The molecule has 0 amide bonds. The molecule has 3 rings (SSSR count). The van der Waals surface area contributed by atoms with Gasteiger partial charge in [0.2, 0.25) is 27.8 Å². The summed E-state index contributed by atoms with van der Waals surface area (Å²) < 4.78 is 30.7. The first-order valence-corrected chi connectivity index (χ1v) is 10.6. The van der Waals surface area contributed by atoms with Crippen molar-refractivity contribution in [2.75, 3.05) is 28.7 Å². The predicted octanol–water partition coefficient (Wildman–Crippen LogP) is 2.74. The number of rotatable bonds is 8. The lowest BCUT2D eigenvalue weighted by molar-refractivity contribution is 0.461. The second kappa shape index (κ2) is 8.88. The molecule has 0 spiro atoms. The largest absolute Gasteiger partial charge is 0.439 e. The van der Waals surface area contributed by atoms with Gasteiger partial charge in [0.25, 0.3) is 0 Å². The first-order chi connectivity index (χ1) is 13.8. The second-order valence-corrected chi connectivity index (χ2v) is 8.04. The summed E-state index contributed by atoms with van der Waals surface area (Å²) in [6.45, 7) is 0.340. The standard InChI is InChI=1S/C17H18ClN7O3S/c1-19-16-23-13(10-22-17-20-8-11(18)9-21-17)7-15(24-16)28-14-5-3-12(4-6-14)25-29(2,26)27/h3-9,25H,10H2,1-2H3,(H,19,23,24)(H,20,21,22). The predicted molar refractivity (Wildman–Crippen MR) is 111 cm³/mol. The van der Waals surface area contributed by atoms with Crippen molar-refractivity contribution in [3.63, 3.8) is 0 Å². The van der Waals surface area contributed by atoms with Crippen LogP contribution in [0.25, 0.3) is 0 Å². The van der Waals surface area contributed by atoms with Crippen LogP contribution in [-0.4, -0.2) is 41.7 Å². The van der Waals surface area contributed by atoms with E-state index in [9.17, 15) is 8.42 Å². The molecule has 0 unspecified atom stereocenters. The molecule has 0 aliphatic carbocycles. The molecule has 3 aromatic rings. The molecule has 0 bridgehead atoms. The van der Waals surface area contributed by atoms with Crippen LogP contribution < -0.4 is 20.1 Å². The highest BCUT2D eigenvalue weighted by Gasteiger charge is 2.08. The smallest absolute Gasteiger partial charge is 0.229 e. The third-order valence-electron chi connectivity index (χ3n) is 3.41. The van der Waals surface area contributed by atoms with Gasteiger partial charge in [0.15, 0.2) is 0 Å².